The number of para-hydroxylation sites is 1. The number of phenols is 1. The van der Waals surface area contributed by atoms with Gasteiger partial charge >= 0.3 is 0 Å². The van der Waals surface area contributed by atoms with Gasteiger partial charge in [0.25, 0.3) is 5.69 Å². The van der Waals surface area contributed by atoms with Gasteiger partial charge in [-0.25, -0.2) is 4.68 Å². The van der Waals surface area contributed by atoms with Gasteiger partial charge in [-0.15, -0.1) is 0 Å². The Morgan fingerprint density at radius 2 is 1.92 bits per heavy atom. The standard InChI is InChI=1S/C17H14N4O4/c1-11-14(17(23)20(19-11)12-5-3-2-4-6-12)10-18-15-9-13(21(24)25)7-8-16(15)22/h2-10,22-23H,1H3/b18-10+. The van der Waals surface area contributed by atoms with Crippen molar-refractivity contribution in [3.05, 3.63) is 69.9 Å². The van der Waals surface area contributed by atoms with Crippen molar-refractivity contribution in [3.63, 3.8) is 0 Å². The van der Waals surface area contributed by atoms with Crippen LogP contribution in [-0.2, 0) is 0 Å². The second-order valence-corrected chi connectivity index (χ2v) is 5.26. The summed E-state index contributed by atoms with van der Waals surface area (Å²) in [4.78, 5) is 14.3. The molecule has 3 rings (SSSR count). The molecule has 2 aromatic carbocycles. The van der Waals surface area contributed by atoms with Crippen molar-refractivity contribution in [2.45, 2.75) is 6.92 Å². The number of hydrogen-bond acceptors (Lipinski definition) is 6. The quantitative estimate of drug-likeness (QED) is 0.430. The van der Waals surface area contributed by atoms with Gasteiger partial charge in [-0.2, -0.15) is 5.10 Å². The SMILES string of the molecule is Cc1nn(-c2ccccc2)c(O)c1/C=N/c1cc([N+](=O)[O-])ccc1O. The third-order valence-electron chi connectivity index (χ3n) is 3.58. The summed E-state index contributed by atoms with van der Waals surface area (Å²) in [7, 11) is 0. The molecule has 3 aromatic rings. The maximum absolute atomic E-state index is 10.8. The first-order valence-corrected chi connectivity index (χ1v) is 7.33. The second kappa shape index (κ2) is 6.44. The Balaban J connectivity index is 1.99. The van der Waals surface area contributed by atoms with Crippen LogP contribution in [0.4, 0.5) is 11.4 Å². The van der Waals surface area contributed by atoms with Crippen molar-refractivity contribution in [3.8, 4) is 17.3 Å². The summed E-state index contributed by atoms with van der Waals surface area (Å²) < 4.78 is 1.37. The first kappa shape index (κ1) is 16.2. The fourth-order valence-electron chi connectivity index (χ4n) is 2.29. The molecule has 0 fully saturated rings. The number of aromatic hydroxyl groups is 2. The Morgan fingerprint density at radius 1 is 1.20 bits per heavy atom. The molecule has 0 saturated heterocycles. The van der Waals surface area contributed by atoms with Crippen molar-refractivity contribution in [1.82, 2.24) is 9.78 Å². The molecule has 0 saturated carbocycles. The summed E-state index contributed by atoms with van der Waals surface area (Å²) in [5.41, 5.74) is 1.40. The predicted octanol–water partition coefficient (Wildman–Crippen LogP) is 3.25. The van der Waals surface area contributed by atoms with Gasteiger partial charge in [0.1, 0.15) is 11.4 Å². The molecule has 1 aromatic heterocycles. The van der Waals surface area contributed by atoms with Gasteiger partial charge in [0.2, 0.25) is 5.88 Å². The number of nitro groups is 1. The molecule has 25 heavy (non-hydrogen) atoms. The third kappa shape index (κ3) is 3.18. The molecule has 0 aliphatic carbocycles. The largest absolute Gasteiger partial charge is 0.506 e. The highest BCUT2D eigenvalue weighted by Gasteiger charge is 2.15. The number of nitrogens with zero attached hydrogens (tertiary/aromatic N) is 4. The Bertz CT molecular complexity index is 964. The maximum atomic E-state index is 10.8. The minimum absolute atomic E-state index is 0.0282. The molecule has 126 valence electrons. The molecule has 1 heterocycles. The van der Waals surface area contributed by atoms with Crippen LogP contribution in [0.25, 0.3) is 5.69 Å². The van der Waals surface area contributed by atoms with Crippen LogP contribution in [0.5, 0.6) is 11.6 Å². The van der Waals surface area contributed by atoms with Crippen LogP contribution >= 0.6 is 0 Å². The lowest BCUT2D eigenvalue weighted by Crippen LogP contribution is -1.95. The second-order valence-electron chi connectivity index (χ2n) is 5.26. The molecule has 0 amide bonds. The van der Waals surface area contributed by atoms with E-state index in [1.54, 1.807) is 19.1 Å². The van der Waals surface area contributed by atoms with Crippen molar-refractivity contribution in [1.29, 1.82) is 0 Å². The zero-order valence-electron chi connectivity index (χ0n) is 13.2. The predicted molar refractivity (Wildman–Crippen MR) is 92.0 cm³/mol. The zero-order chi connectivity index (χ0) is 18.0. The van der Waals surface area contributed by atoms with E-state index in [-0.39, 0.29) is 23.0 Å². The van der Waals surface area contributed by atoms with Crippen LogP contribution in [-0.4, -0.2) is 31.1 Å². The number of phenolic OH excluding ortho intramolecular Hbond substituents is 1. The van der Waals surface area contributed by atoms with E-state index in [4.69, 9.17) is 0 Å². The lowest BCUT2D eigenvalue weighted by atomic mass is 10.2. The number of rotatable bonds is 4. The fourth-order valence-corrected chi connectivity index (χ4v) is 2.29. The van der Waals surface area contributed by atoms with Crippen LogP contribution in [0, 0.1) is 17.0 Å². The van der Waals surface area contributed by atoms with E-state index >= 15 is 0 Å². The van der Waals surface area contributed by atoms with Gasteiger partial charge < -0.3 is 10.2 Å². The Labute approximate surface area is 142 Å². The Morgan fingerprint density at radius 3 is 2.60 bits per heavy atom. The minimum atomic E-state index is -0.575. The minimum Gasteiger partial charge on any atom is -0.506 e. The summed E-state index contributed by atoms with van der Waals surface area (Å²) in [5.74, 6) is -0.313. The lowest BCUT2D eigenvalue weighted by molar-refractivity contribution is -0.384. The highest BCUT2D eigenvalue weighted by molar-refractivity contribution is 5.87. The van der Waals surface area contributed by atoms with Crippen molar-refractivity contribution in [2.75, 3.05) is 0 Å². The number of nitro benzene ring substituents is 1. The highest BCUT2D eigenvalue weighted by atomic mass is 16.6. The molecule has 0 unspecified atom stereocenters. The van der Waals surface area contributed by atoms with E-state index in [1.807, 2.05) is 18.2 Å². The molecule has 0 radical (unpaired) electrons. The molecule has 0 atom stereocenters. The summed E-state index contributed by atoms with van der Waals surface area (Å²) in [5, 5.41) is 35.3. The number of aliphatic imine (C=N–C) groups is 1. The van der Waals surface area contributed by atoms with Crippen LogP contribution in [0.1, 0.15) is 11.3 Å². The monoisotopic (exact) mass is 338 g/mol. The molecule has 8 heteroatoms. The average Bonchev–Trinajstić information content (AvgIpc) is 2.89. The number of aromatic nitrogens is 2. The number of aryl methyl sites for hydroxylation is 1. The Hall–Kier alpha value is -3.68. The number of non-ortho nitro benzene ring substituents is 1. The molecule has 0 spiro atoms. The average molecular weight is 338 g/mol. The molecule has 2 N–H and O–H groups in total. The summed E-state index contributed by atoms with van der Waals surface area (Å²) >= 11 is 0. The van der Waals surface area contributed by atoms with Crippen LogP contribution in [0.2, 0.25) is 0 Å². The van der Waals surface area contributed by atoms with Gasteiger partial charge in [0.05, 0.1) is 21.9 Å². The third-order valence-corrected chi connectivity index (χ3v) is 3.58. The first-order chi connectivity index (χ1) is 12.0. The van der Waals surface area contributed by atoms with E-state index in [9.17, 15) is 20.3 Å². The molecule has 0 aliphatic heterocycles. The van der Waals surface area contributed by atoms with Crippen molar-refractivity contribution < 1.29 is 15.1 Å². The van der Waals surface area contributed by atoms with E-state index in [1.165, 1.54) is 23.0 Å². The molecular formula is C17H14N4O4. The number of hydrogen-bond donors (Lipinski definition) is 2. The van der Waals surface area contributed by atoms with E-state index < -0.39 is 4.92 Å². The number of benzene rings is 2. The first-order valence-electron chi connectivity index (χ1n) is 7.33. The highest BCUT2D eigenvalue weighted by Crippen LogP contribution is 2.31. The van der Waals surface area contributed by atoms with E-state index in [0.29, 0.717) is 16.9 Å². The van der Waals surface area contributed by atoms with Gasteiger partial charge in [-0.05, 0) is 25.1 Å². The molecule has 0 bridgehead atoms. The molecule has 8 nitrogen and oxygen atoms in total. The smallest absolute Gasteiger partial charge is 0.271 e. The topological polar surface area (TPSA) is 114 Å². The van der Waals surface area contributed by atoms with E-state index in [2.05, 4.69) is 10.1 Å². The lowest BCUT2D eigenvalue weighted by Gasteiger charge is -2.02. The Kier molecular flexibility index (Phi) is 4.17. The van der Waals surface area contributed by atoms with Crippen LogP contribution < -0.4 is 0 Å². The summed E-state index contributed by atoms with van der Waals surface area (Å²) in [6, 6.07) is 12.6. The zero-order valence-corrected chi connectivity index (χ0v) is 13.2. The van der Waals surface area contributed by atoms with Gasteiger partial charge in [-0.3, -0.25) is 15.1 Å². The van der Waals surface area contributed by atoms with Crippen molar-refractivity contribution >= 4 is 17.6 Å². The van der Waals surface area contributed by atoms with E-state index in [0.717, 1.165) is 6.07 Å². The summed E-state index contributed by atoms with van der Waals surface area (Å²) in [6.07, 6.45) is 1.32. The summed E-state index contributed by atoms with van der Waals surface area (Å²) in [6.45, 7) is 1.70. The normalized spacial score (nSPS) is 11.1. The van der Waals surface area contributed by atoms with Crippen LogP contribution in [0.15, 0.2) is 53.5 Å². The molecule has 0 aliphatic rings. The van der Waals surface area contributed by atoms with Gasteiger partial charge in [0.15, 0.2) is 0 Å². The maximum Gasteiger partial charge on any atom is 0.271 e. The fraction of sp³-hybridized carbons (Fsp3) is 0.0588. The van der Waals surface area contributed by atoms with Crippen molar-refractivity contribution in [2.24, 2.45) is 4.99 Å². The molecular weight excluding hydrogens is 324 g/mol. The van der Waals surface area contributed by atoms with Crippen LogP contribution in [0.3, 0.4) is 0 Å². The van der Waals surface area contributed by atoms with Gasteiger partial charge in [-0.1, -0.05) is 18.2 Å². The van der Waals surface area contributed by atoms with Gasteiger partial charge in [0, 0.05) is 18.3 Å².